The van der Waals surface area contributed by atoms with Crippen LogP contribution in [0.2, 0.25) is 0 Å². The highest BCUT2D eigenvalue weighted by molar-refractivity contribution is 7.80. The van der Waals surface area contributed by atoms with Crippen LogP contribution in [0.5, 0.6) is 11.5 Å². The van der Waals surface area contributed by atoms with Gasteiger partial charge in [-0.25, -0.2) is 0 Å². The summed E-state index contributed by atoms with van der Waals surface area (Å²) in [6.45, 7) is 0. The van der Waals surface area contributed by atoms with Gasteiger partial charge in [-0.05, 0) is 36.0 Å². The Hall–Kier alpha value is -2.86. The van der Waals surface area contributed by atoms with Crippen molar-refractivity contribution in [3.05, 3.63) is 60.2 Å². The van der Waals surface area contributed by atoms with Crippen LogP contribution in [0.25, 0.3) is 6.08 Å². The van der Waals surface area contributed by atoms with E-state index < -0.39 is 0 Å². The SMILES string of the molecule is COc1ccc(NC(=S)NC(=O)/C=C/c2ccccc2)c(OC)c1. The van der Waals surface area contributed by atoms with Crippen LogP contribution < -0.4 is 20.1 Å². The lowest BCUT2D eigenvalue weighted by molar-refractivity contribution is -0.115. The second-order valence-electron chi connectivity index (χ2n) is 4.75. The van der Waals surface area contributed by atoms with Crippen LogP contribution in [0.4, 0.5) is 5.69 Å². The van der Waals surface area contributed by atoms with Crippen molar-refractivity contribution in [1.29, 1.82) is 0 Å². The fourth-order valence-corrected chi connectivity index (χ4v) is 2.16. The molecule has 0 bridgehead atoms. The van der Waals surface area contributed by atoms with Crippen LogP contribution in [-0.4, -0.2) is 25.2 Å². The molecule has 2 rings (SSSR count). The molecule has 124 valence electrons. The quantitative estimate of drug-likeness (QED) is 0.645. The van der Waals surface area contributed by atoms with Gasteiger partial charge in [0.2, 0.25) is 5.91 Å². The third-order valence-corrected chi connectivity index (χ3v) is 3.32. The number of ether oxygens (including phenoxy) is 2. The Labute approximate surface area is 146 Å². The molecule has 1 amide bonds. The van der Waals surface area contributed by atoms with Crippen molar-refractivity contribution in [3.63, 3.8) is 0 Å². The van der Waals surface area contributed by atoms with Crippen molar-refractivity contribution in [3.8, 4) is 11.5 Å². The van der Waals surface area contributed by atoms with Crippen molar-refractivity contribution in [1.82, 2.24) is 5.32 Å². The molecule has 0 fully saturated rings. The molecule has 5 nitrogen and oxygen atoms in total. The standard InChI is InChI=1S/C18H18N2O3S/c1-22-14-9-10-15(16(12-14)23-2)19-18(24)20-17(21)11-8-13-6-4-3-5-7-13/h3-12H,1-2H3,(H2,19,20,21,24)/b11-8+. The molecule has 0 saturated heterocycles. The summed E-state index contributed by atoms with van der Waals surface area (Å²) in [5.41, 5.74) is 1.57. The number of thiocarbonyl (C=S) groups is 1. The van der Waals surface area contributed by atoms with Gasteiger partial charge in [0.05, 0.1) is 19.9 Å². The number of carbonyl (C=O) groups excluding carboxylic acids is 1. The molecule has 0 aliphatic rings. The average Bonchev–Trinajstić information content (AvgIpc) is 2.61. The minimum Gasteiger partial charge on any atom is -0.497 e. The van der Waals surface area contributed by atoms with E-state index in [0.29, 0.717) is 17.2 Å². The van der Waals surface area contributed by atoms with Crippen molar-refractivity contribution < 1.29 is 14.3 Å². The lowest BCUT2D eigenvalue weighted by Gasteiger charge is -2.13. The smallest absolute Gasteiger partial charge is 0.250 e. The second kappa shape index (κ2) is 8.69. The lowest BCUT2D eigenvalue weighted by atomic mass is 10.2. The van der Waals surface area contributed by atoms with Crippen molar-refractivity contribution in [2.24, 2.45) is 0 Å². The van der Waals surface area contributed by atoms with Gasteiger partial charge in [-0.2, -0.15) is 0 Å². The molecule has 24 heavy (non-hydrogen) atoms. The first kappa shape index (κ1) is 17.5. The number of nitrogens with one attached hydrogen (secondary N) is 2. The fraction of sp³-hybridized carbons (Fsp3) is 0.111. The number of hydrogen-bond acceptors (Lipinski definition) is 4. The molecule has 2 aromatic carbocycles. The Morgan fingerprint density at radius 1 is 1.08 bits per heavy atom. The minimum absolute atomic E-state index is 0.182. The summed E-state index contributed by atoms with van der Waals surface area (Å²) in [4.78, 5) is 11.9. The van der Waals surface area contributed by atoms with E-state index in [1.807, 2.05) is 30.3 Å². The number of carbonyl (C=O) groups is 1. The zero-order chi connectivity index (χ0) is 17.4. The van der Waals surface area contributed by atoms with Crippen LogP contribution in [0, 0.1) is 0 Å². The Balaban J connectivity index is 1.95. The highest BCUT2D eigenvalue weighted by Gasteiger charge is 2.08. The number of rotatable bonds is 5. The van der Waals surface area contributed by atoms with Crippen LogP contribution in [0.3, 0.4) is 0 Å². The topological polar surface area (TPSA) is 59.6 Å². The molecule has 0 atom stereocenters. The zero-order valence-corrected chi connectivity index (χ0v) is 14.2. The van der Waals surface area contributed by atoms with Gasteiger partial charge in [-0.1, -0.05) is 30.3 Å². The molecule has 0 aromatic heterocycles. The van der Waals surface area contributed by atoms with Gasteiger partial charge in [0.25, 0.3) is 0 Å². The lowest BCUT2D eigenvalue weighted by Crippen LogP contribution is -2.32. The van der Waals surface area contributed by atoms with E-state index in [-0.39, 0.29) is 11.0 Å². The van der Waals surface area contributed by atoms with Crippen molar-refractivity contribution in [2.75, 3.05) is 19.5 Å². The fourth-order valence-electron chi connectivity index (χ4n) is 1.94. The summed E-state index contributed by atoms with van der Waals surface area (Å²) in [7, 11) is 3.12. The monoisotopic (exact) mass is 342 g/mol. The molecule has 0 saturated carbocycles. The van der Waals surface area contributed by atoms with E-state index in [1.165, 1.54) is 6.08 Å². The molecular weight excluding hydrogens is 324 g/mol. The first-order chi connectivity index (χ1) is 11.6. The van der Waals surface area contributed by atoms with Gasteiger partial charge < -0.3 is 14.8 Å². The molecule has 2 N–H and O–H groups in total. The van der Waals surface area contributed by atoms with E-state index in [4.69, 9.17) is 21.7 Å². The maximum atomic E-state index is 11.9. The highest BCUT2D eigenvalue weighted by Crippen LogP contribution is 2.28. The predicted octanol–water partition coefficient (Wildman–Crippen LogP) is 3.23. The van der Waals surface area contributed by atoms with E-state index in [9.17, 15) is 4.79 Å². The molecule has 0 unspecified atom stereocenters. The summed E-state index contributed by atoms with van der Waals surface area (Å²) >= 11 is 5.15. The zero-order valence-electron chi connectivity index (χ0n) is 13.4. The third kappa shape index (κ3) is 5.10. The van der Waals surface area contributed by atoms with Gasteiger partial charge in [-0.15, -0.1) is 0 Å². The van der Waals surface area contributed by atoms with Crippen molar-refractivity contribution >= 4 is 35.0 Å². The number of amides is 1. The Morgan fingerprint density at radius 2 is 1.83 bits per heavy atom. The summed E-state index contributed by atoms with van der Waals surface area (Å²) in [5, 5.41) is 5.69. The molecular formula is C18H18N2O3S. The van der Waals surface area contributed by atoms with E-state index >= 15 is 0 Å². The van der Waals surface area contributed by atoms with Crippen LogP contribution >= 0.6 is 12.2 Å². The van der Waals surface area contributed by atoms with Gasteiger partial charge in [-0.3, -0.25) is 10.1 Å². The Morgan fingerprint density at radius 3 is 2.50 bits per heavy atom. The van der Waals surface area contributed by atoms with Crippen LogP contribution in [0.15, 0.2) is 54.6 Å². The molecule has 2 aromatic rings. The third-order valence-electron chi connectivity index (χ3n) is 3.12. The maximum absolute atomic E-state index is 11.9. The minimum atomic E-state index is -0.316. The van der Waals surface area contributed by atoms with Crippen LogP contribution in [0.1, 0.15) is 5.56 Å². The van der Waals surface area contributed by atoms with E-state index in [0.717, 1.165) is 5.56 Å². The number of anilines is 1. The first-order valence-corrected chi connectivity index (χ1v) is 7.60. The Kier molecular flexibility index (Phi) is 6.33. The highest BCUT2D eigenvalue weighted by atomic mass is 32.1. The van der Waals surface area contributed by atoms with Gasteiger partial charge >= 0.3 is 0 Å². The number of hydrogen-bond donors (Lipinski definition) is 2. The predicted molar refractivity (Wildman–Crippen MR) is 99.4 cm³/mol. The molecule has 0 radical (unpaired) electrons. The summed E-state index contributed by atoms with van der Waals surface area (Å²) in [6, 6.07) is 14.8. The average molecular weight is 342 g/mol. The summed E-state index contributed by atoms with van der Waals surface area (Å²) in [5.74, 6) is 0.910. The molecule has 6 heteroatoms. The largest absolute Gasteiger partial charge is 0.497 e. The van der Waals surface area contributed by atoms with E-state index in [2.05, 4.69) is 10.6 Å². The Bertz CT molecular complexity index is 745. The molecule has 0 aliphatic heterocycles. The molecule has 0 heterocycles. The first-order valence-electron chi connectivity index (χ1n) is 7.19. The van der Waals surface area contributed by atoms with Gasteiger partial charge in [0, 0.05) is 12.1 Å². The normalized spacial score (nSPS) is 10.2. The maximum Gasteiger partial charge on any atom is 0.250 e. The van der Waals surface area contributed by atoms with E-state index in [1.54, 1.807) is 38.5 Å². The van der Waals surface area contributed by atoms with Gasteiger partial charge in [0.1, 0.15) is 11.5 Å². The number of methoxy groups -OCH3 is 2. The van der Waals surface area contributed by atoms with Gasteiger partial charge in [0.15, 0.2) is 5.11 Å². The summed E-state index contributed by atoms with van der Waals surface area (Å²) in [6.07, 6.45) is 3.14. The van der Waals surface area contributed by atoms with Crippen LogP contribution in [-0.2, 0) is 4.79 Å². The van der Waals surface area contributed by atoms with Crippen molar-refractivity contribution in [2.45, 2.75) is 0 Å². The second-order valence-corrected chi connectivity index (χ2v) is 5.16. The molecule has 0 aliphatic carbocycles. The molecule has 0 spiro atoms. The number of benzene rings is 2. The summed E-state index contributed by atoms with van der Waals surface area (Å²) < 4.78 is 10.4.